The highest BCUT2D eigenvalue weighted by atomic mass is 35.5. The first kappa shape index (κ1) is 15.8. The average Bonchev–Trinajstić information content (AvgIpc) is 2.33. The van der Waals surface area contributed by atoms with Crippen molar-refractivity contribution in [3.05, 3.63) is 33.8 Å². The Balaban J connectivity index is 2.28. The fourth-order valence-electron chi connectivity index (χ4n) is 1.51. The van der Waals surface area contributed by atoms with E-state index in [1.54, 1.807) is 18.2 Å². The van der Waals surface area contributed by atoms with E-state index in [0.29, 0.717) is 35.9 Å². The molecule has 0 atom stereocenters. The molecule has 0 aromatic heterocycles. The quantitative estimate of drug-likeness (QED) is 0.760. The Hall–Kier alpha value is -1.26. The number of carboxylic acids is 1. The van der Waals surface area contributed by atoms with Gasteiger partial charge in [-0.1, -0.05) is 29.3 Å². The Bertz CT molecular complexity index is 463. The number of carbonyl (C=O) groups is 2. The first-order valence-electron chi connectivity index (χ1n) is 5.91. The van der Waals surface area contributed by atoms with E-state index in [1.165, 1.54) is 0 Å². The van der Waals surface area contributed by atoms with E-state index in [0.717, 1.165) is 5.56 Å². The second-order valence-electron chi connectivity index (χ2n) is 4.11. The molecule has 0 saturated heterocycles. The molecule has 6 heteroatoms. The van der Waals surface area contributed by atoms with Crippen molar-refractivity contribution in [2.45, 2.75) is 32.2 Å². The van der Waals surface area contributed by atoms with E-state index in [9.17, 15) is 9.59 Å². The number of amides is 1. The fraction of sp³-hybridized carbons (Fsp3) is 0.385. The SMILES string of the molecule is O=C(O)CCCCC(=O)NCc1ccc(Cl)cc1Cl. The monoisotopic (exact) mass is 303 g/mol. The predicted molar refractivity (Wildman–Crippen MR) is 74.4 cm³/mol. The van der Waals surface area contributed by atoms with Crippen LogP contribution in [0.3, 0.4) is 0 Å². The molecule has 1 aromatic carbocycles. The number of unbranched alkanes of at least 4 members (excludes halogenated alkanes) is 1. The van der Waals surface area contributed by atoms with E-state index in [2.05, 4.69) is 5.32 Å². The second kappa shape index (κ2) is 8.02. The molecule has 0 aliphatic carbocycles. The minimum absolute atomic E-state index is 0.0935. The lowest BCUT2D eigenvalue weighted by molar-refractivity contribution is -0.137. The van der Waals surface area contributed by atoms with Crippen molar-refractivity contribution in [3.8, 4) is 0 Å². The molecule has 0 fully saturated rings. The Morgan fingerprint density at radius 1 is 1.16 bits per heavy atom. The fourth-order valence-corrected chi connectivity index (χ4v) is 1.98. The summed E-state index contributed by atoms with van der Waals surface area (Å²) >= 11 is 11.7. The number of aliphatic carboxylic acids is 1. The molecule has 1 rings (SSSR count). The maximum absolute atomic E-state index is 11.5. The zero-order chi connectivity index (χ0) is 14.3. The summed E-state index contributed by atoms with van der Waals surface area (Å²) < 4.78 is 0. The van der Waals surface area contributed by atoms with Crippen LogP contribution in [0.5, 0.6) is 0 Å². The van der Waals surface area contributed by atoms with E-state index in [-0.39, 0.29) is 12.3 Å². The van der Waals surface area contributed by atoms with Crippen LogP contribution < -0.4 is 5.32 Å². The van der Waals surface area contributed by atoms with E-state index in [4.69, 9.17) is 28.3 Å². The van der Waals surface area contributed by atoms with Crippen molar-refractivity contribution >= 4 is 35.1 Å². The molecule has 2 N–H and O–H groups in total. The van der Waals surface area contributed by atoms with Gasteiger partial charge in [0.25, 0.3) is 0 Å². The molecule has 4 nitrogen and oxygen atoms in total. The minimum Gasteiger partial charge on any atom is -0.481 e. The molecule has 104 valence electrons. The summed E-state index contributed by atoms with van der Waals surface area (Å²) in [5.74, 6) is -0.954. The van der Waals surface area contributed by atoms with Crippen LogP contribution in [0.15, 0.2) is 18.2 Å². The van der Waals surface area contributed by atoms with Crippen LogP contribution in [0.2, 0.25) is 10.0 Å². The van der Waals surface area contributed by atoms with Gasteiger partial charge in [0.2, 0.25) is 5.91 Å². The average molecular weight is 304 g/mol. The smallest absolute Gasteiger partial charge is 0.303 e. The van der Waals surface area contributed by atoms with E-state index >= 15 is 0 Å². The van der Waals surface area contributed by atoms with Gasteiger partial charge in [-0.2, -0.15) is 0 Å². The summed E-state index contributed by atoms with van der Waals surface area (Å²) in [5, 5.41) is 12.3. The van der Waals surface area contributed by atoms with Crippen molar-refractivity contribution in [1.29, 1.82) is 0 Å². The van der Waals surface area contributed by atoms with Gasteiger partial charge in [0.1, 0.15) is 0 Å². The highest BCUT2D eigenvalue weighted by molar-refractivity contribution is 6.35. The van der Waals surface area contributed by atoms with E-state index < -0.39 is 5.97 Å². The van der Waals surface area contributed by atoms with Crippen LogP contribution >= 0.6 is 23.2 Å². The summed E-state index contributed by atoms with van der Waals surface area (Å²) in [6, 6.07) is 5.09. The Labute approximate surface area is 121 Å². The highest BCUT2D eigenvalue weighted by Crippen LogP contribution is 2.20. The number of nitrogens with one attached hydrogen (secondary N) is 1. The molecule has 1 amide bonds. The molecule has 0 aliphatic heterocycles. The van der Waals surface area contributed by atoms with Crippen LogP contribution in [-0.2, 0) is 16.1 Å². The number of halogens is 2. The van der Waals surface area contributed by atoms with Gasteiger partial charge >= 0.3 is 5.97 Å². The Morgan fingerprint density at radius 3 is 2.47 bits per heavy atom. The summed E-state index contributed by atoms with van der Waals surface area (Å²) in [4.78, 5) is 21.8. The normalized spacial score (nSPS) is 10.2. The van der Waals surface area contributed by atoms with Crippen LogP contribution in [0, 0.1) is 0 Å². The molecule has 19 heavy (non-hydrogen) atoms. The highest BCUT2D eigenvalue weighted by Gasteiger charge is 2.05. The van der Waals surface area contributed by atoms with Gasteiger partial charge in [-0.3, -0.25) is 9.59 Å². The summed E-state index contributed by atoms with van der Waals surface area (Å²) in [6.45, 7) is 0.341. The number of benzene rings is 1. The Kier molecular flexibility index (Phi) is 6.67. The molecule has 0 radical (unpaired) electrons. The number of hydrogen-bond acceptors (Lipinski definition) is 2. The lowest BCUT2D eigenvalue weighted by atomic mass is 10.2. The molecule has 0 saturated carbocycles. The number of hydrogen-bond donors (Lipinski definition) is 2. The largest absolute Gasteiger partial charge is 0.481 e. The third-order valence-corrected chi connectivity index (χ3v) is 3.12. The van der Waals surface area contributed by atoms with E-state index in [1.807, 2.05) is 0 Å². The number of rotatable bonds is 7. The first-order valence-corrected chi connectivity index (χ1v) is 6.67. The van der Waals surface area contributed by atoms with Crippen LogP contribution in [0.25, 0.3) is 0 Å². The maximum atomic E-state index is 11.5. The third-order valence-electron chi connectivity index (χ3n) is 2.54. The van der Waals surface area contributed by atoms with Gasteiger partial charge in [0, 0.05) is 29.4 Å². The lowest BCUT2D eigenvalue weighted by Crippen LogP contribution is -2.22. The van der Waals surface area contributed by atoms with Crippen molar-refractivity contribution in [2.75, 3.05) is 0 Å². The van der Waals surface area contributed by atoms with Crippen molar-refractivity contribution in [3.63, 3.8) is 0 Å². The number of carboxylic acid groups (broad SMARTS) is 1. The van der Waals surface area contributed by atoms with Crippen LogP contribution in [-0.4, -0.2) is 17.0 Å². The van der Waals surface area contributed by atoms with Crippen molar-refractivity contribution in [2.24, 2.45) is 0 Å². The van der Waals surface area contributed by atoms with Crippen molar-refractivity contribution in [1.82, 2.24) is 5.32 Å². The van der Waals surface area contributed by atoms with Crippen LogP contribution in [0.4, 0.5) is 0 Å². The first-order chi connectivity index (χ1) is 8.99. The minimum atomic E-state index is -0.839. The molecule has 0 aliphatic rings. The molecule has 0 spiro atoms. The standard InChI is InChI=1S/C13H15Cl2NO3/c14-10-6-5-9(11(15)7-10)8-16-12(17)3-1-2-4-13(18)19/h5-7H,1-4,8H2,(H,16,17)(H,18,19). The zero-order valence-corrected chi connectivity index (χ0v) is 11.8. The zero-order valence-electron chi connectivity index (χ0n) is 10.3. The summed E-state index contributed by atoms with van der Waals surface area (Å²) in [6.07, 6.45) is 1.48. The van der Waals surface area contributed by atoms with Crippen LogP contribution in [0.1, 0.15) is 31.2 Å². The molecule has 0 heterocycles. The summed E-state index contributed by atoms with van der Waals surface area (Å²) in [5.41, 5.74) is 0.796. The molecule has 1 aromatic rings. The van der Waals surface area contributed by atoms with Gasteiger partial charge in [-0.25, -0.2) is 0 Å². The maximum Gasteiger partial charge on any atom is 0.303 e. The second-order valence-corrected chi connectivity index (χ2v) is 4.96. The van der Waals surface area contributed by atoms with Gasteiger partial charge in [-0.05, 0) is 30.5 Å². The van der Waals surface area contributed by atoms with Crippen molar-refractivity contribution < 1.29 is 14.7 Å². The third kappa shape index (κ3) is 6.45. The Morgan fingerprint density at radius 2 is 1.84 bits per heavy atom. The van der Waals surface area contributed by atoms with Gasteiger partial charge in [0.15, 0.2) is 0 Å². The molecule has 0 bridgehead atoms. The lowest BCUT2D eigenvalue weighted by Gasteiger charge is -2.07. The summed E-state index contributed by atoms with van der Waals surface area (Å²) in [7, 11) is 0. The van der Waals surface area contributed by atoms with Gasteiger partial charge < -0.3 is 10.4 Å². The predicted octanol–water partition coefficient (Wildman–Crippen LogP) is 3.25. The molecule has 0 unspecified atom stereocenters. The topological polar surface area (TPSA) is 66.4 Å². The number of carbonyl (C=O) groups excluding carboxylic acids is 1. The molecular weight excluding hydrogens is 289 g/mol. The van der Waals surface area contributed by atoms with Gasteiger partial charge in [-0.15, -0.1) is 0 Å². The van der Waals surface area contributed by atoms with Gasteiger partial charge in [0.05, 0.1) is 0 Å². The molecular formula is C13H15Cl2NO3.